The average Bonchev–Trinajstić information content (AvgIpc) is 2.74. The number of thioether (sulfide) groups is 1. The van der Waals surface area contributed by atoms with Crippen LogP contribution < -0.4 is 10.6 Å². The lowest BCUT2D eigenvalue weighted by Crippen LogP contribution is -2.37. The number of hydrogen-bond acceptors (Lipinski definition) is 4. The monoisotopic (exact) mass is 260 g/mol. The summed E-state index contributed by atoms with van der Waals surface area (Å²) < 4.78 is 0. The minimum absolute atomic E-state index is 0. The van der Waals surface area contributed by atoms with E-state index in [1.807, 2.05) is 0 Å². The smallest absolute Gasteiger partial charge is 0.242 e. The Labute approximate surface area is 104 Å². The van der Waals surface area contributed by atoms with E-state index in [0.29, 0.717) is 5.69 Å². The zero-order valence-electron chi connectivity index (χ0n) is 8.47. The number of phenols is 1. The molecule has 2 rings (SSSR count). The predicted molar refractivity (Wildman–Crippen MR) is 68.2 cm³/mol. The van der Waals surface area contributed by atoms with E-state index in [1.54, 1.807) is 36.0 Å². The fourth-order valence-electron chi connectivity index (χ4n) is 1.36. The Bertz CT molecular complexity index is 370. The van der Waals surface area contributed by atoms with Crippen LogP contribution in [0.25, 0.3) is 0 Å². The van der Waals surface area contributed by atoms with Gasteiger partial charge in [-0.2, -0.15) is 0 Å². The van der Waals surface area contributed by atoms with Crippen LogP contribution in [0.2, 0.25) is 0 Å². The fourth-order valence-corrected chi connectivity index (χ4v) is 2.30. The maximum Gasteiger partial charge on any atom is 0.242 e. The number of carbonyl (C=O) groups is 1. The third kappa shape index (κ3) is 3.04. The van der Waals surface area contributed by atoms with Crippen molar-refractivity contribution in [3.05, 3.63) is 24.3 Å². The summed E-state index contributed by atoms with van der Waals surface area (Å²) >= 11 is 1.69. The second-order valence-corrected chi connectivity index (χ2v) is 4.31. The second-order valence-electron chi connectivity index (χ2n) is 3.28. The maximum absolute atomic E-state index is 11.7. The van der Waals surface area contributed by atoms with E-state index >= 15 is 0 Å². The Morgan fingerprint density at radius 2 is 2.25 bits per heavy atom. The highest BCUT2D eigenvalue weighted by molar-refractivity contribution is 7.99. The molecule has 0 aromatic heterocycles. The van der Waals surface area contributed by atoms with Crippen molar-refractivity contribution in [2.24, 2.45) is 0 Å². The number of nitrogens with one attached hydrogen (secondary N) is 2. The molecule has 3 N–H and O–H groups in total. The lowest BCUT2D eigenvalue weighted by atomic mass is 10.2. The molecule has 0 aliphatic carbocycles. The van der Waals surface area contributed by atoms with Gasteiger partial charge in [-0.05, 0) is 12.1 Å². The summed E-state index contributed by atoms with van der Waals surface area (Å²) in [5.41, 5.74) is 0.459. The van der Waals surface area contributed by atoms with Crippen LogP contribution in [0.15, 0.2) is 24.3 Å². The van der Waals surface area contributed by atoms with E-state index in [2.05, 4.69) is 10.6 Å². The largest absolute Gasteiger partial charge is 0.506 e. The minimum Gasteiger partial charge on any atom is -0.506 e. The molecule has 1 saturated heterocycles. The topological polar surface area (TPSA) is 61.4 Å². The van der Waals surface area contributed by atoms with Gasteiger partial charge in [0.15, 0.2) is 0 Å². The second kappa shape index (κ2) is 5.98. The summed E-state index contributed by atoms with van der Waals surface area (Å²) in [5.74, 6) is 1.58. The number of para-hydroxylation sites is 2. The van der Waals surface area contributed by atoms with Crippen LogP contribution >= 0.6 is 24.2 Å². The molecule has 1 heterocycles. The van der Waals surface area contributed by atoms with Gasteiger partial charge >= 0.3 is 0 Å². The van der Waals surface area contributed by atoms with Crippen LogP contribution in [-0.4, -0.2) is 28.7 Å². The summed E-state index contributed by atoms with van der Waals surface area (Å²) in [6, 6.07) is 6.55. The SMILES string of the molecule is Cl.O=C(Nc1ccccc1O)C1CSCN1. The zero-order valence-corrected chi connectivity index (χ0v) is 10.1. The lowest BCUT2D eigenvalue weighted by molar-refractivity contribution is -0.117. The predicted octanol–water partition coefficient (Wildman–Crippen LogP) is 1.41. The number of aromatic hydroxyl groups is 1. The first-order chi connectivity index (χ1) is 7.27. The molecule has 1 aromatic carbocycles. The zero-order chi connectivity index (χ0) is 10.7. The standard InChI is InChI=1S/C10H12N2O2S.ClH/c13-9-4-2-1-3-7(9)12-10(14)8-5-15-6-11-8;/h1-4,8,11,13H,5-6H2,(H,12,14);1H. The van der Waals surface area contributed by atoms with Gasteiger partial charge < -0.3 is 10.4 Å². The van der Waals surface area contributed by atoms with Gasteiger partial charge in [0, 0.05) is 11.6 Å². The maximum atomic E-state index is 11.7. The summed E-state index contributed by atoms with van der Waals surface area (Å²) in [6.45, 7) is 0. The van der Waals surface area contributed by atoms with E-state index in [-0.39, 0.29) is 30.1 Å². The van der Waals surface area contributed by atoms with Gasteiger partial charge in [0.25, 0.3) is 0 Å². The fraction of sp³-hybridized carbons (Fsp3) is 0.300. The number of phenolic OH excluding ortho intramolecular Hbond substituents is 1. The van der Waals surface area contributed by atoms with E-state index in [1.165, 1.54) is 0 Å². The molecule has 0 radical (unpaired) electrons. The number of carbonyl (C=O) groups excluding carboxylic acids is 1. The molecule has 1 atom stereocenters. The van der Waals surface area contributed by atoms with E-state index in [0.717, 1.165) is 11.6 Å². The van der Waals surface area contributed by atoms with Crippen molar-refractivity contribution >= 4 is 35.8 Å². The van der Waals surface area contributed by atoms with Gasteiger partial charge in [0.05, 0.1) is 11.7 Å². The molecule has 1 amide bonds. The number of amides is 1. The van der Waals surface area contributed by atoms with Crippen LogP contribution in [0.4, 0.5) is 5.69 Å². The van der Waals surface area contributed by atoms with Crippen molar-refractivity contribution in [3.63, 3.8) is 0 Å². The Morgan fingerprint density at radius 3 is 2.88 bits per heavy atom. The Morgan fingerprint density at radius 1 is 1.50 bits per heavy atom. The summed E-state index contributed by atoms with van der Waals surface area (Å²) in [6.07, 6.45) is 0. The van der Waals surface area contributed by atoms with Crippen molar-refractivity contribution in [1.29, 1.82) is 0 Å². The van der Waals surface area contributed by atoms with Crippen LogP contribution in [0.1, 0.15) is 0 Å². The van der Waals surface area contributed by atoms with Gasteiger partial charge in [-0.15, -0.1) is 24.2 Å². The van der Waals surface area contributed by atoms with Gasteiger partial charge in [0.2, 0.25) is 5.91 Å². The molecule has 4 nitrogen and oxygen atoms in total. The molecule has 88 valence electrons. The van der Waals surface area contributed by atoms with E-state index in [9.17, 15) is 9.90 Å². The minimum atomic E-state index is -0.158. The Kier molecular flexibility index (Phi) is 4.92. The highest BCUT2D eigenvalue weighted by Gasteiger charge is 2.22. The molecule has 1 aromatic rings. The number of halogens is 1. The Balaban J connectivity index is 0.00000128. The molecular formula is C10H13ClN2O2S. The molecule has 1 fully saturated rings. The molecule has 6 heteroatoms. The molecule has 1 unspecified atom stereocenters. The van der Waals surface area contributed by atoms with Gasteiger partial charge in [-0.1, -0.05) is 12.1 Å². The molecule has 0 bridgehead atoms. The van der Waals surface area contributed by atoms with Crippen LogP contribution in [0, 0.1) is 0 Å². The van der Waals surface area contributed by atoms with Crippen molar-refractivity contribution < 1.29 is 9.90 Å². The molecule has 1 aliphatic rings. The highest BCUT2D eigenvalue weighted by Crippen LogP contribution is 2.22. The van der Waals surface area contributed by atoms with Gasteiger partial charge in [-0.25, -0.2) is 0 Å². The van der Waals surface area contributed by atoms with Crippen molar-refractivity contribution in [3.8, 4) is 5.75 Å². The first-order valence-electron chi connectivity index (χ1n) is 4.67. The third-order valence-corrected chi connectivity index (χ3v) is 3.13. The van der Waals surface area contributed by atoms with Crippen LogP contribution in [0.5, 0.6) is 5.75 Å². The number of hydrogen-bond donors (Lipinski definition) is 3. The molecule has 1 aliphatic heterocycles. The summed E-state index contributed by atoms with van der Waals surface area (Å²) in [4.78, 5) is 11.7. The first-order valence-corrected chi connectivity index (χ1v) is 5.83. The van der Waals surface area contributed by atoms with Crippen molar-refractivity contribution in [1.82, 2.24) is 5.32 Å². The summed E-state index contributed by atoms with van der Waals surface area (Å²) in [7, 11) is 0. The van der Waals surface area contributed by atoms with Crippen LogP contribution in [0.3, 0.4) is 0 Å². The first kappa shape index (κ1) is 13.2. The normalized spacial score (nSPS) is 18.9. The number of anilines is 1. The van der Waals surface area contributed by atoms with Crippen LogP contribution in [-0.2, 0) is 4.79 Å². The number of benzene rings is 1. The lowest BCUT2D eigenvalue weighted by Gasteiger charge is -2.11. The third-order valence-electron chi connectivity index (χ3n) is 2.19. The average molecular weight is 261 g/mol. The number of rotatable bonds is 2. The highest BCUT2D eigenvalue weighted by atomic mass is 35.5. The molecule has 0 saturated carbocycles. The summed E-state index contributed by atoms with van der Waals surface area (Å²) in [5, 5.41) is 15.2. The van der Waals surface area contributed by atoms with Gasteiger partial charge in [0.1, 0.15) is 5.75 Å². The van der Waals surface area contributed by atoms with Crippen molar-refractivity contribution in [2.45, 2.75) is 6.04 Å². The van der Waals surface area contributed by atoms with E-state index < -0.39 is 0 Å². The van der Waals surface area contributed by atoms with E-state index in [4.69, 9.17) is 0 Å². The Hall–Kier alpha value is -0.910. The van der Waals surface area contributed by atoms with Gasteiger partial charge in [-0.3, -0.25) is 10.1 Å². The quantitative estimate of drug-likeness (QED) is 0.704. The van der Waals surface area contributed by atoms with Crippen molar-refractivity contribution in [2.75, 3.05) is 16.9 Å². The molecule has 0 spiro atoms. The molecular weight excluding hydrogens is 248 g/mol. The molecule has 16 heavy (non-hydrogen) atoms.